The highest BCUT2D eigenvalue weighted by Crippen LogP contribution is 2.27. The Bertz CT molecular complexity index is 269. The molecule has 0 radical (unpaired) electrons. The van der Waals surface area contributed by atoms with Crippen LogP contribution in [0.5, 0.6) is 0 Å². The molecule has 56 valence electrons. The predicted octanol–water partition coefficient (Wildman–Crippen LogP) is 2.33. The molecule has 0 aromatic rings. The summed E-state index contributed by atoms with van der Waals surface area (Å²) in [7, 11) is 0. The summed E-state index contributed by atoms with van der Waals surface area (Å²) >= 11 is 0. The van der Waals surface area contributed by atoms with Gasteiger partial charge in [0.1, 0.15) is 0 Å². The van der Waals surface area contributed by atoms with Crippen LogP contribution in [0.2, 0.25) is 0 Å². The van der Waals surface area contributed by atoms with Crippen LogP contribution in [0.1, 0.15) is 6.92 Å². The van der Waals surface area contributed by atoms with Crippen LogP contribution >= 0.6 is 0 Å². The second-order valence-corrected chi connectivity index (χ2v) is 3.04. The lowest BCUT2D eigenvalue weighted by Gasteiger charge is -2.23. The smallest absolute Gasteiger partial charge is 0.0230 e. The van der Waals surface area contributed by atoms with Crippen LogP contribution in [0.4, 0.5) is 0 Å². The maximum absolute atomic E-state index is 4.11. The van der Waals surface area contributed by atoms with E-state index in [4.69, 9.17) is 0 Å². The van der Waals surface area contributed by atoms with Crippen LogP contribution in [0.25, 0.3) is 0 Å². The molecule has 0 fully saturated rings. The topological polar surface area (TPSA) is 12.4 Å². The molecule has 1 nitrogen and oxygen atoms in total. The van der Waals surface area contributed by atoms with E-state index < -0.39 is 0 Å². The van der Waals surface area contributed by atoms with E-state index >= 15 is 0 Å². The first-order valence-corrected chi connectivity index (χ1v) is 3.93. The van der Waals surface area contributed by atoms with Crippen LogP contribution in [0, 0.1) is 11.8 Å². The van der Waals surface area contributed by atoms with E-state index in [1.165, 1.54) is 5.57 Å². The third-order valence-electron chi connectivity index (χ3n) is 2.27. The highest BCUT2D eigenvalue weighted by molar-refractivity contribution is 5.68. The Balaban J connectivity index is 2.33. The average Bonchev–Trinajstić information content (AvgIpc) is 2.06. The minimum Gasteiger partial charge on any atom is -0.269 e. The van der Waals surface area contributed by atoms with Gasteiger partial charge in [-0.1, -0.05) is 29.9 Å². The number of allylic oxidation sites excluding steroid dienone is 5. The van der Waals surface area contributed by atoms with Crippen LogP contribution < -0.4 is 0 Å². The summed E-state index contributed by atoms with van der Waals surface area (Å²) in [6, 6.07) is 0. The van der Waals surface area contributed by atoms with Crippen molar-refractivity contribution < 1.29 is 0 Å². The molecule has 0 N–H and O–H groups in total. The van der Waals surface area contributed by atoms with Gasteiger partial charge >= 0.3 is 0 Å². The summed E-state index contributed by atoms with van der Waals surface area (Å²) < 4.78 is 0. The first-order valence-electron chi connectivity index (χ1n) is 3.93. The highest BCUT2D eigenvalue weighted by atomic mass is 14.7. The van der Waals surface area contributed by atoms with E-state index in [1.807, 2.05) is 12.4 Å². The molecule has 2 atom stereocenters. The SMILES string of the molecule is CC1=CC=CC2C=NC=CC12. The molecule has 2 rings (SSSR count). The van der Waals surface area contributed by atoms with Crippen LogP contribution in [-0.2, 0) is 0 Å². The van der Waals surface area contributed by atoms with Crippen molar-refractivity contribution in [3.05, 3.63) is 36.1 Å². The normalized spacial score (nSPS) is 33.4. The van der Waals surface area contributed by atoms with Crippen molar-refractivity contribution in [2.24, 2.45) is 16.8 Å². The predicted molar refractivity (Wildman–Crippen MR) is 47.5 cm³/mol. The van der Waals surface area contributed by atoms with Gasteiger partial charge < -0.3 is 0 Å². The monoisotopic (exact) mass is 145 g/mol. The van der Waals surface area contributed by atoms with Gasteiger partial charge in [-0.3, -0.25) is 4.99 Å². The summed E-state index contributed by atoms with van der Waals surface area (Å²) in [6.07, 6.45) is 12.5. The molecule has 1 heterocycles. The molecule has 1 aliphatic carbocycles. The first kappa shape index (κ1) is 6.59. The summed E-state index contributed by atoms with van der Waals surface area (Å²) in [5, 5.41) is 0. The molecule has 0 bridgehead atoms. The van der Waals surface area contributed by atoms with E-state index in [2.05, 4.69) is 36.2 Å². The minimum absolute atomic E-state index is 0.505. The van der Waals surface area contributed by atoms with E-state index in [1.54, 1.807) is 0 Å². The number of rotatable bonds is 0. The van der Waals surface area contributed by atoms with Gasteiger partial charge in [-0.15, -0.1) is 0 Å². The Morgan fingerprint density at radius 2 is 2.27 bits per heavy atom. The molecule has 11 heavy (non-hydrogen) atoms. The van der Waals surface area contributed by atoms with Crippen molar-refractivity contribution in [3.8, 4) is 0 Å². The largest absolute Gasteiger partial charge is 0.269 e. The van der Waals surface area contributed by atoms with E-state index in [-0.39, 0.29) is 0 Å². The van der Waals surface area contributed by atoms with Crippen LogP contribution in [0.3, 0.4) is 0 Å². The zero-order chi connectivity index (χ0) is 7.68. The molecule has 0 aromatic carbocycles. The number of hydrogen-bond donors (Lipinski definition) is 0. The molecule has 1 heteroatoms. The highest BCUT2D eigenvalue weighted by Gasteiger charge is 2.19. The van der Waals surface area contributed by atoms with Crippen molar-refractivity contribution in [2.45, 2.75) is 6.92 Å². The van der Waals surface area contributed by atoms with Crippen molar-refractivity contribution in [1.82, 2.24) is 0 Å². The van der Waals surface area contributed by atoms with Gasteiger partial charge in [-0.2, -0.15) is 0 Å². The van der Waals surface area contributed by atoms with E-state index in [0.717, 1.165) is 0 Å². The molecule has 0 saturated carbocycles. The van der Waals surface area contributed by atoms with Gasteiger partial charge in [0.25, 0.3) is 0 Å². The first-order chi connectivity index (χ1) is 5.38. The Kier molecular flexibility index (Phi) is 1.50. The molecule has 0 saturated heterocycles. The average molecular weight is 145 g/mol. The van der Waals surface area contributed by atoms with Gasteiger partial charge in [-0.25, -0.2) is 0 Å². The minimum atomic E-state index is 0.505. The van der Waals surface area contributed by atoms with Crippen LogP contribution in [0.15, 0.2) is 41.1 Å². The van der Waals surface area contributed by atoms with Crippen LogP contribution in [-0.4, -0.2) is 6.21 Å². The third kappa shape index (κ3) is 1.07. The van der Waals surface area contributed by atoms with E-state index in [9.17, 15) is 0 Å². The Morgan fingerprint density at radius 3 is 3.09 bits per heavy atom. The summed E-state index contributed by atoms with van der Waals surface area (Å²) in [5.41, 5.74) is 1.43. The molecule has 0 aromatic heterocycles. The van der Waals surface area contributed by atoms with Crippen molar-refractivity contribution in [2.75, 3.05) is 0 Å². The maximum Gasteiger partial charge on any atom is 0.0230 e. The second kappa shape index (κ2) is 2.50. The lowest BCUT2D eigenvalue weighted by Crippen LogP contribution is -2.17. The molecule has 2 aliphatic rings. The maximum atomic E-state index is 4.11. The fourth-order valence-electron chi connectivity index (χ4n) is 1.58. The van der Waals surface area contributed by atoms with Crippen molar-refractivity contribution in [1.29, 1.82) is 0 Å². The fraction of sp³-hybridized carbons (Fsp3) is 0.300. The number of fused-ring (bicyclic) bond motifs is 1. The molecule has 0 amide bonds. The molecule has 2 unspecified atom stereocenters. The summed E-state index contributed by atoms with van der Waals surface area (Å²) in [5.74, 6) is 1.07. The van der Waals surface area contributed by atoms with Gasteiger partial charge in [0.15, 0.2) is 0 Å². The van der Waals surface area contributed by atoms with Gasteiger partial charge in [0.2, 0.25) is 0 Å². The van der Waals surface area contributed by atoms with Gasteiger partial charge in [0.05, 0.1) is 0 Å². The zero-order valence-corrected chi connectivity index (χ0v) is 6.57. The van der Waals surface area contributed by atoms with Gasteiger partial charge in [-0.05, 0) is 6.92 Å². The molecular formula is C10H11N. The second-order valence-electron chi connectivity index (χ2n) is 3.04. The molecule has 1 aliphatic heterocycles. The van der Waals surface area contributed by atoms with E-state index in [0.29, 0.717) is 11.8 Å². The lowest BCUT2D eigenvalue weighted by molar-refractivity contribution is 0.662. The molecular weight excluding hydrogens is 134 g/mol. The Morgan fingerprint density at radius 1 is 1.36 bits per heavy atom. The number of hydrogen-bond acceptors (Lipinski definition) is 1. The fourth-order valence-corrected chi connectivity index (χ4v) is 1.58. The van der Waals surface area contributed by atoms with Crippen molar-refractivity contribution >= 4 is 6.21 Å². The number of aliphatic imine (C=N–C) groups is 1. The third-order valence-corrected chi connectivity index (χ3v) is 2.27. The molecule has 0 spiro atoms. The Hall–Kier alpha value is -1.11. The quantitative estimate of drug-likeness (QED) is 0.496. The summed E-state index contributed by atoms with van der Waals surface area (Å²) in [6.45, 7) is 2.17. The summed E-state index contributed by atoms with van der Waals surface area (Å²) in [4.78, 5) is 4.11. The number of nitrogens with zero attached hydrogens (tertiary/aromatic N) is 1. The standard InChI is InChI=1S/C10H11N/c1-8-3-2-4-9-7-11-6-5-10(8)9/h2-7,9-10H,1H3. The lowest BCUT2D eigenvalue weighted by atomic mass is 9.83. The van der Waals surface area contributed by atoms with Gasteiger partial charge in [0, 0.05) is 24.3 Å². The zero-order valence-electron chi connectivity index (χ0n) is 6.57. The Labute approximate surface area is 66.8 Å². The van der Waals surface area contributed by atoms with Crippen molar-refractivity contribution in [3.63, 3.8) is 0 Å².